The zero-order chi connectivity index (χ0) is 14.4. The zero-order valence-electron chi connectivity index (χ0n) is 12.1. The third kappa shape index (κ3) is 3.47. The molecule has 2 nitrogen and oxygen atoms in total. The van der Waals surface area contributed by atoms with E-state index in [2.05, 4.69) is 25.1 Å². The maximum atomic E-state index is 11.2. The highest BCUT2D eigenvalue weighted by molar-refractivity contribution is 5.78. The summed E-state index contributed by atoms with van der Waals surface area (Å²) in [7, 11) is 0. The molecule has 2 heteroatoms. The van der Waals surface area contributed by atoms with Crippen molar-refractivity contribution in [3.05, 3.63) is 54.1 Å². The summed E-state index contributed by atoms with van der Waals surface area (Å²) >= 11 is 0. The molecular weight excluding hydrogens is 248 g/mol. The van der Waals surface area contributed by atoms with Crippen molar-refractivity contribution in [2.24, 2.45) is 0 Å². The summed E-state index contributed by atoms with van der Waals surface area (Å²) in [5.74, 6) is 0.340. The maximum Gasteiger partial charge on any atom is 0.308 e. The lowest BCUT2D eigenvalue weighted by atomic mass is 9.95. The average molecular weight is 268 g/mol. The molecule has 0 aromatic heterocycles. The largest absolute Gasteiger partial charge is 0.426 e. The number of ether oxygens (including phenoxy) is 1. The summed E-state index contributed by atoms with van der Waals surface area (Å²) in [6.45, 7) is 3.62. The number of carbonyl (C=O) groups excluding carboxylic acids is 1. The van der Waals surface area contributed by atoms with Gasteiger partial charge in [0, 0.05) is 12.5 Å². The number of unbranched alkanes of at least 4 members (excludes halogenated alkanes) is 1. The molecule has 0 fully saturated rings. The number of esters is 1. The predicted octanol–water partition coefficient (Wildman–Crippen LogP) is 4.62. The topological polar surface area (TPSA) is 26.3 Å². The van der Waals surface area contributed by atoms with Gasteiger partial charge in [-0.15, -0.1) is 0 Å². The Morgan fingerprint density at radius 3 is 2.35 bits per heavy atom. The summed E-state index contributed by atoms with van der Waals surface area (Å²) in [4.78, 5) is 11.2. The molecule has 0 unspecified atom stereocenters. The Morgan fingerprint density at radius 1 is 1.00 bits per heavy atom. The third-order valence-corrected chi connectivity index (χ3v) is 3.25. The van der Waals surface area contributed by atoms with Gasteiger partial charge in [0.05, 0.1) is 0 Å². The third-order valence-electron chi connectivity index (χ3n) is 3.25. The number of hydrogen-bond donors (Lipinski definition) is 0. The van der Waals surface area contributed by atoms with Gasteiger partial charge < -0.3 is 4.74 Å². The number of rotatable bonds is 5. The van der Waals surface area contributed by atoms with E-state index in [4.69, 9.17) is 4.74 Å². The van der Waals surface area contributed by atoms with E-state index in [-0.39, 0.29) is 5.97 Å². The van der Waals surface area contributed by atoms with Gasteiger partial charge in [0.25, 0.3) is 0 Å². The lowest BCUT2D eigenvalue weighted by Crippen LogP contribution is -2.03. The molecule has 20 heavy (non-hydrogen) atoms. The first-order valence-electron chi connectivity index (χ1n) is 7.08. The molecule has 2 aromatic rings. The summed E-state index contributed by atoms with van der Waals surface area (Å²) in [5, 5.41) is 0. The molecule has 0 N–H and O–H groups in total. The van der Waals surface area contributed by atoms with Gasteiger partial charge in [-0.3, -0.25) is 4.79 Å². The van der Waals surface area contributed by atoms with Crippen molar-refractivity contribution in [2.45, 2.75) is 33.1 Å². The van der Waals surface area contributed by atoms with Crippen LogP contribution in [0.25, 0.3) is 11.1 Å². The Kier molecular flexibility index (Phi) is 4.94. The van der Waals surface area contributed by atoms with E-state index in [1.165, 1.54) is 18.9 Å². The van der Waals surface area contributed by atoms with Crippen LogP contribution in [-0.2, 0) is 11.2 Å². The van der Waals surface area contributed by atoms with E-state index in [9.17, 15) is 4.79 Å². The van der Waals surface area contributed by atoms with E-state index in [0.717, 1.165) is 24.0 Å². The summed E-state index contributed by atoms with van der Waals surface area (Å²) in [5.41, 5.74) is 3.43. The Balaban J connectivity index is 2.43. The summed E-state index contributed by atoms with van der Waals surface area (Å²) < 4.78 is 5.32. The highest BCUT2D eigenvalue weighted by Gasteiger charge is 2.11. The number of hydrogen-bond acceptors (Lipinski definition) is 2. The van der Waals surface area contributed by atoms with Crippen molar-refractivity contribution in [3.63, 3.8) is 0 Å². The predicted molar refractivity (Wildman–Crippen MR) is 81.8 cm³/mol. The van der Waals surface area contributed by atoms with E-state index in [1.807, 2.05) is 30.3 Å². The van der Waals surface area contributed by atoms with Gasteiger partial charge in [-0.05, 0) is 30.0 Å². The SMILES string of the molecule is CCCCc1ccccc1-c1ccccc1OC(C)=O. The molecule has 0 atom stereocenters. The number of para-hydroxylation sites is 1. The van der Waals surface area contributed by atoms with Crippen LogP contribution in [0, 0.1) is 0 Å². The van der Waals surface area contributed by atoms with E-state index in [1.54, 1.807) is 0 Å². The number of carbonyl (C=O) groups is 1. The Bertz CT molecular complexity index is 587. The fourth-order valence-corrected chi connectivity index (χ4v) is 2.30. The van der Waals surface area contributed by atoms with Crippen LogP contribution in [0.4, 0.5) is 0 Å². The first-order valence-corrected chi connectivity index (χ1v) is 7.08. The van der Waals surface area contributed by atoms with E-state index in [0.29, 0.717) is 5.75 Å². The van der Waals surface area contributed by atoms with Crippen LogP contribution in [-0.4, -0.2) is 5.97 Å². The van der Waals surface area contributed by atoms with Gasteiger partial charge in [0.1, 0.15) is 5.75 Å². The van der Waals surface area contributed by atoms with Crippen LogP contribution in [0.15, 0.2) is 48.5 Å². The Morgan fingerprint density at radius 2 is 1.65 bits per heavy atom. The second-order valence-corrected chi connectivity index (χ2v) is 4.85. The minimum atomic E-state index is -0.288. The molecule has 0 aliphatic heterocycles. The molecule has 0 aliphatic rings. The molecular formula is C18H20O2. The quantitative estimate of drug-likeness (QED) is 0.584. The standard InChI is InChI=1S/C18H20O2/c1-3-4-9-15-10-5-6-11-16(15)17-12-7-8-13-18(17)20-14(2)19/h5-8,10-13H,3-4,9H2,1-2H3. The van der Waals surface area contributed by atoms with Crippen LogP contribution in [0.5, 0.6) is 5.75 Å². The molecule has 0 aliphatic carbocycles. The van der Waals surface area contributed by atoms with Crippen molar-refractivity contribution in [1.29, 1.82) is 0 Å². The van der Waals surface area contributed by atoms with Crippen LogP contribution < -0.4 is 4.74 Å². The minimum Gasteiger partial charge on any atom is -0.426 e. The van der Waals surface area contributed by atoms with Gasteiger partial charge in [-0.1, -0.05) is 55.8 Å². The number of aryl methyl sites for hydroxylation is 1. The van der Waals surface area contributed by atoms with Crippen LogP contribution in [0.2, 0.25) is 0 Å². The van der Waals surface area contributed by atoms with E-state index < -0.39 is 0 Å². The van der Waals surface area contributed by atoms with Gasteiger partial charge >= 0.3 is 5.97 Å². The first kappa shape index (κ1) is 14.3. The Hall–Kier alpha value is -2.09. The van der Waals surface area contributed by atoms with Crippen molar-refractivity contribution in [1.82, 2.24) is 0 Å². The van der Waals surface area contributed by atoms with Gasteiger partial charge in [-0.25, -0.2) is 0 Å². The molecule has 2 aromatic carbocycles. The number of benzene rings is 2. The molecule has 0 heterocycles. The van der Waals surface area contributed by atoms with E-state index >= 15 is 0 Å². The fourth-order valence-electron chi connectivity index (χ4n) is 2.30. The maximum absolute atomic E-state index is 11.2. The second kappa shape index (κ2) is 6.90. The van der Waals surface area contributed by atoms with Crippen LogP contribution >= 0.6 is 0 Å². The van der Waals surface area contributed by atoms with Crippen LogP contribution in [0.1, 0.15) is 32.3 Å². The molecule has 0 radical (unpaired) electrons. The molecule has 0 amide bonds. The lowest BCUT2D eigenvalue weighted by Gasteiger charge is -2.13. The smallest absolute Gasteiger partial charge is 0.308 e. The van der Waals surface area contributed by atoms with Crippen molar-refractivity contribution < 1.29 is 9.53 Å². The van der Waals surface area contributed by atoms with Crippen molar-refractivity contribution >= 4 is 5.97 Å². The summed E-state index contributed by atoms with van der Waals surface area (Å²) in [6.07, 6.45) is 3.37. The fraction of sp³-hybridized carbons (Fsp3) is 0.278. The zero-order valence-corrected chi connectivity index (χ0v) is 12.1. The normalized spacial score (nSPS) is 10.3. The highest BCUT2D eigenvalue weighted by Crippen LogP contribution is 2.33. The molecule has 0 spiro atoms. The molecule has 0 bridgehead atoms. The Labute approximate surface area is 120 Å². The average Bonchev–Trinajstić information content (AvgIpc) is 2.45. The second-order valence-electron chi connectivity index (χ2n) is 4.85. The molecule has 0 saturated heterocycles. The first-order chi connectivity index (χ1) is 9.72. The van der Waals surface area contributed by atoms with Gasteiger partial charge in [0.2, 0.25) is 0 Å². The van der Waals surface area contributed by atoms with Crippen molar-refractivity contribution in [2.75, 3.05) is 0 Å². The van der Waals surface area contributed by atoms with Gasteiger partial charge in [0.15, 0.2) is 0 Å². The van der Waals surface area contributed by atoms with Crippen molar-refractivity contribution in [3.8, 4) is 16.9 Å². The minimum absolute atomic E-state index is 0.288. The highest BCUT2D eigenvalue weighted by atomic mass is 16.5. The summed E-state index contributed by atoms with van der Waals surface area (Å²) in [6, 6.07) is 16.0. The molecule has 104 valence electrons. The van der Waals surface area contributed by atoms with Crippen LogP contribution in [0.3, 0.4) is 0 Å². The monoisotopic (exact) mass is 268 g/mol. The molecule has 0 saturated carbocycles. The molecule has 2 rings (SSSR count). The van der Waals surface area contributed by atoms with Gasteiger partial charge in [-0.2, -0.15) is 0 Å². The lowest BCUT2D eigenvalue weighted by molar-refractivity contribution is -0.131.